The third kappa shape index (κ3) is 6.43. The lowest BCUT2D eigenvalue weighted by Gasteiger charge is -2.30. The first-order valence-corrected chi connectivity index (χ1v) is 15.9. The number of allylic oxidation sites excluding steroid dienone is 1. The molecule has 11 heteroatoms. The zero-order valence-corrected chi connectivity index (χ0v) is 27.7. The first-order chi connectivity index (χ1) is 22.2. The predicted molar refractivity (Wildman–Crippen MR) is 178 cm³/mol. The smallest absolute Gasteiger partial charge is 0.271 e. The monoisotopic (exact) mass is 656 g/mol. The summed E-state index contributed by atoms with van der Waals surface area (Å²) in [6.45, 7) is 6.87. The van der Waals surface area contributed by atoms with E-state index in [1.54, 1.807) is 85.2 Å². The topological polar surface area (TPSA) is 106 Å². The van der Waals surface area contributed by atoms with Crippen molar-refractivity contribution in [2.45, 2.75) is 33.4 Å². The Kier molecular flexibility index (Phi) is 9.95. The molecule has 9 nitrogen and oxygen atoms in total. The van der Waals surface area contributed by atoms with Crippen LogP contribution in [0.15, 0.2) is 81.7 Å². The van der Waals surface area contributed by atoms with Gasteiger partial charge in [-0.1, -0.05) is 35.1 Å². The number of methoxy groups -OCH3 is 2. The fraction of sp³-hybridized carbons (Fsp3) is 0.257. The number of likely N-dealkylation sites (N-methyl/N-ethyl adjacent to an activating group) is 1. The van der Waals surface area contributed by atoms with Crippen molar-refractivity contribution in [2.75, 3.05) is 27.3 Å². The van der Waals surface area contributed by atoms with E-state index in [-0.39, 0.29) is 18.1 Å². The fourth-order valence-electron chi connectivity index (χ4n) is 5.36. The molecule has 236 valence electrons. The van der Waals surface area contributed by atoms with Gasteiger partial charge >= 0.3 is 0 Å². The molecule has 0 radical (unpaired) electrons. The standard InChI is InChI=1S/C35H33ClN4O5S/c1-6-39(7-2)34(42)31-21(3)38-35-40(32(31)27-18-26(43-4)13-15-29(27)44-5)33(41)30(46-35)17-24-16-25(36)12-14-28(24)45-20-23-10-8-22(19-37)9-11-23/h8-18,32H,6-7,20H2,1-5H3/b30-17+/t32-/m1/s1. The van der Waals surface area contributed by atoms with Crippen molar-refractivity contribution in [3.63, 3.8) is 0 Å². The Bertz CT molecular complexity index is 2040. The number of hydrogen-bond acceptors (Lipinski definition) is 8. The number of nitrogens with zero attached hydrogens (tertiary/aromatic N) is 4. The van der Waals surface area contributed by atoms with E-state index in [9.17, 15) is 9.59 Å². The number of carbonyl (C=O) groups is 1. The lowest BCUT2D eigenvalue weighted by atomic mass is 9.93. The summed E-state index contributed by atoms with van der Waals surface area (Å²) in [5, 5.41) is 9.57. The highest BCUT2D eigenvalue weighted by Gasteiger charge is 2.36. The number of thiazole rings is 1. The number of hydrogen-bond donors (Lipinski definition) is 0. The molecule has 46 heavy (non-hydrogen) atoms. The Morgan fingerprint density at radius 1 is 1.07 bits per heavy atom. The SMILES string of the molecule is CCN(CC)C(=O)C1=C(C)N=c2s/c(=C/c3cc(Cl)ccc3OCc3ccc(C#N)cc3)c(=O)n2[C@@H]1c1cc(OC)ccc1OC. The minimum absolute atomic E-state index is 0.205. The molecule has 1 amide bonds. The lowest BCUT2D eigenvalue weighted by Crippen LogP contribution is -2.43. The van der Waals surface area contributed by atoms with Crippen molar-refractivity contribution in [3.05, 3.63) is 119 Å². The summed E-state index contributed by atoms with van der Waals surface area (Å²) in [5.74, 6) is 1.39. The van der Waals surface area contributed by atoms with Crippen LogP contribution < -0.4 is 29.1 Å². The molecular weight excluding hydrogens is 624 g/mol. The Balaban J connectivity index is 1.66. The van der Waals surface area contributed by atoms with Crippen LogP contribution >= 0.6 is 22.9 Å². The van der Waals surface area contributed by atoms with Crippen LogP contribution in [0.1, 0.15) is 49.1 Å². The molecule has 0 unspecified atom stereocenters. The molecule has 1 aliphatic heterocycles. The van der Waals surface area contributed by atoms with Crippen LogP contribution in [0.5, 0.6) is 17.2 Å². The number of fused-ring (bicyclic) bond motifs is 1. The Labute approximate surface area is 275 Å². The van der Waals surface area contributed by atoms with Crippen LogP contribution in [0.2, 0.25) is 5.02 Å². The molecule has 1 aliphatic rings. The second kappa shape index (κ2) is 14.1. The minimum atomic E-state index is -0.817. The number of rotatable bonds is 10. The minimum Gasteiger partial charge on any atom is -0.497 e. The summed E-state index contributed by atoms with van der Waals surface area (Å²) < 4.78 is 19.3. The first-order valence-electron chi connectivity index (χ1n) is 14.7. The van der Waals surface area contributed by atoms with E-state index in [0.717, 1.165) is 5.56 Å². The number of benzene rings is 3. The highest BCUT2D eigenvalue weighted by molar-refractivity contribution is 7.07. The van der Waals surface area contributed by atoms with Crippen LogP contribution in [0, 0.1) is 11.3 Å². The molecule has 0 aliphatic carbocycles. The number of ether oxygens (including phenoxy) is 3. The number of aromatic nitrogens is 1. The van der Waals surface area contributed by atoms with E-state index in [1.807, 2.05) is 26.0 Å². The van der Waals surface area contributed by atoms with Gasteiger partial charge in [0.1, 0.15) is 29.9 Å². The van der Waals surface area contributed by atoms with E-state index in [0.29, 0.717) is 72.7 Å². The van der Waals surface area contributed by atoms with Gasteiger partial charge in [0, 0.05) is 29.2 Å². The van der Waals surface area contributed by atoms with Gasteiger partial charge in [0.25, 0.3) is 11.5 Å². The van der Waals surface area contributed by atoms with Crippen molar-refractivity contribution < 1.29 is 19.0 Å². The van der Waals surface area contributed by atoms with Gasteiger partial charge in [-0.25, -0.2) is 4.99 Å². The third-order valence-corrected chi connectivity index (χ3v) is 8.99. The van der Waals surface area contributed by atoms with Crippen molar-refractivity contribution in [2.24, 2.45) is 4.99 Å². The van der Waals surface area contributed by atoms with E-state index in [2.05, 4.69) is 6.07 Å². The van der Waals surface area contributed by atoms with Crippen molar-refractivity contribution in [1.82, 2.24) is 9.47 Å². The van der Waals surface area contributed by atoms with Gasteiger partial charge in [-0.05, 0) is 80.9 Å². The van der Waals surface area contributed by atoms with E-state index in [4.69, 9.17) is 36.1 Å². The molecule has 1 aromatic heterocycles. The molecule has 1 atom stereocenters. The average molecular weight is 657 g/mol. The van der Waals surface area contributed by atoms with E-state index in [1.165, 1.54) is 11.3 Å². The summed E-state index contributed by atoms with van der Waals surface area (Å²) in [7, 11) is 3.11. The summed E-state index contributed by atoms with van der Waals surface area (Å²) >= 11 is 7.61. The normalized spacial score (nSPS) is 14.3. The van der Waals surface area contributed by atoms with Gasteiger partial charge in [-0.2, -0.15) is 5.26 Å². The van der Waals surface area contributed by atoms with Crippen LogP contribution in [-0.4, -0.2) is 42.7 Å². The van der Waals surface area contributed by atoms with Gasteiger partial charge in [-0.3, -0.25) is 14.2 Å². The Morgan fingerprint density at radius 3 is 2.43 bits per heavy atom. The zero-order valence-electron chi connectivity index (χ0n) is 26.2. The Morgan fingerprint density at radius 2 is 1.78 bits per heavy atom. The molecule has 0 spiro atoms. The summed E-state index contributed by atoms with van der Waals surface area (Å²) in [5.41, 5.74) is 3.25. The fourth-order valence-corrected chi connectivity index (χ4v) is 6.58. The molecule has 4 aromatic rings. The number of carbonyl (C=O) groups excluding carboxylic acids is 1. The van der Waals surface area contributed by atoms with Crippen LogP contribution in [0.25, 0.3) is 6.08 Å². The molecule has 5 rings (SSSR count). The molecule has 0 fully saturated rings. The van der Waals surface area contributed by atoms with Crippen molar-refractivity contribution in [3.8, 4) is 23.3 Å². The van der Waals surface area contributed by atoms with Crippen molar-refractivity contribution in [1.29, 1.82) is 5.26 Å². The van der Waals surface area contributed by atoms with Crippen LogP contribution in [-0.2, 0) is 11.4 Å². The molecule has 0 saturated carbocycles. The molecule has 0 bridgehead atoms. The first kappa shape index (κ1) is 32.5. The molecule has 0 saturated heterocycles. The number of halogens is 1. The average Bonchev–Trinajstić information content (AvgIpc) is 3.37. The quantitative estimate of drug-likeness (QED) is 0.232. The van der Waals surface area contributed by atoms with Crippen LogP contribution in [0.4, 0.5) is 0 Å². The second-order valence-electron chi connectivity index (χ2n) is 10.4. The van der Waals surface area contributed by atoms with Crippen molar-refractivity contribution >= 4 is 34.9 Å². The number of amides is 1. The molecule has 3 aromatic carbocycles. The molecule has 2 heterocycles. The maximum absolute atomic E-state index is 14.3. The highest BCUT2D eigenvalue weighted by Crippen LogP contribution is 2.38. The second-order valence-corrected chi connectivity index (χ2v) is 11.9. The largest absolute Gasteiger partial charge is 0.497 e. The summed E-state index contributed by atoms with van der Waals surface area (Å²) in [6.07, 6.45) is 1.73. The highest BCUT2D eigenvalue weighted by atomic mass is 35.5. The van der Waals surface area contributed by atoms with Gasteiger partial charge in [-0.15, -0.1) is 0 Å². The van der Waals surface area contributed by atoms with Gasteiger partial charge in [0.2, 0.25) is 0 Å². The lowest BCUT2D eigenvalue weighted by molar-refractivity contribution is -0.127. The maximum Gasteiger partial charge on any atom is 0.271 e. The van der Waals surface area contributed by atoms with Crippen LogP contribution in [0.3, 0.4) is 0 Å². The summed E-state index contributed by atoms with van der Waals surface area (Å²) in [6, 6.07) is 19.0. The molecular formula is C35H33ClN4O5S. The van der Waals surface area contributed by atoms with Gasteiger partial charge in [0.05, 0.1) is 41.7 Å². The van der Waals surface area contributed by atoms with E-state index < -0.39 is 6.04 Å². The number of nitriles is 1. The predicted octanol–water partition coefficient (Wildman–Crippen LogP) is 5.22. The zero-order chi connectivity index (χ0) is 33.0. The maximum atomic E-state index is 14.3. The van der Waals surface area contributed by atoms with Gasteiger partial charge < -0.3 is 19.1 Å². The molecule has 0 N–H and O–H groups in total. The van der Waals surface area contributed by atoms with Gasteiger partial charge in [0.15, 0.2) is 4.80 Å². The van der Waals surface area contributed by atoms with E-state index >= 15 is 0 Å². The summed E-state index contributed by atoms with van der Waals surface area (Å²) in [4.78, 5) is 35.3. The third-order valence-electron chi connectivity index (χ3n) is 7.77. The Hall–Kier alpha value is -4.85.